The fourth-order valence-electron chi connectivity index (χ4n) is 2.90. The summed E-state index contributed by atoms with van der Waals surface area (Å²) in [6.45, 7) is 8.40. The first-order valence-electron chi connectivity index (χ1n) is 8.69. The Labute approximate surface area is 157 Å². The summed E-state index contributed by atoms with van der Waals surface area (Å²) in [5.74, 6) is -1.41. The van der Waals surface area contributed by atoms with Crippen molar-refractivity contribution in [1.82, 2.24) is 20.4 Å². The minimum absolute atomic E-state index is 0.267. The maximum absolute atomic E-state index is 12.3. The van der Waals surface area contributed by atoms with Crippen LogP contribution in [0.3, 0.4) is 0 Å². The molecule has 144 valence electrons. The molecule has 27 heavy (non-hydrogen) atoms. The number of carbonyl (C=O) groups is 3. The van der Waals surface area contributed by atoms with Crippen molar-refractivity contribution in [1.29, 1.82) is 0 Å². The van der Waals surface area contributed by atoms with E-state index in [1.54, 1.807) is 31.3 Å². The highest BCUT2D eigenvalue weighted by molar-refractivity contribution is 6.00. The van der Waals surface area contributed by atoms with Gasteiger partial charge >= 0.3 is 5.97 Å². The van der Waals surface area contributed by atoms with Crippen LogP contribution in [0, 0.1) is 13.8 Å². The molecule has 0 bridgehead atoms. The molecule has 2 heterocycles. The summed E-state index contributed by atoms with van der Waals surface area (Å²) < 4.78 is 7.13. The van der Waals surface area contributed by atoms with Crippen molar-refractivity contribution in [3.05, 3.63) is 52.6 Å². The molecule has 0 unspecified atom stereocenters. The summed E-state index contributed by atoms with van der Waals surface area (Å²) in [7, 11) is 0. The third-order valence-electron chi connectivity index (χ3n) is 4.17. The monoisotopic (exact) mass is 372 g/mol. The average molecular weight is 372 g/mol. The Morgan fingerprint density at radius 1 is 1.19 bits per heavy atom. The lowest BCUT2D eigenvalue weighted by Crippen LogP contribution is -2.40. The van der Waals surface area contributed by atoms with Crippen molar-refractivity contribution >= 4 is 23.9 Å². The van der Waals surface area contributed by atoms with Gasteiger partial charge in [0.05, 0.1) is 12.2 Å². The van der Waals surface area contributed by atoms with Crippen LogP contribution in [0.2, 0.25) is 0 Å². The molecule has 2 aromatic rings. The third kappa shape index (κ3) is 4.46. The number of aromatic nitrogens is 2. The van der Waals surface area contributed by atoms with Crippen molar-refractivity contribution in [3.8, 4) is 0 Å². The summed E-state index contributed by atoms with van der Waals surface area (Å²) in [6.07, 6.45) is 4.42. The highest BCUT2D eigenvalue weighted by Crippen LogP contribution is 2.24. The lowest BCUT2D eigenvalue weighted by Gasteiger charge is -2.05. The van der Waals surface area contributed by atoms with Crippen molar-refractivity contribution in [2.75, 3.05) is 6.61 Å². The van der Waals surface area contributed by atoms with Gasteiger partial charge in [0.1, 0.15) is 5.69 Å². The summed E-state index contributed by atoms with van der Waals surface area (Å²) in [6, 6.07) is 3.26. The van der Waals surface area contributed by atoms with Gasteiger partial charge in [-0.2, -0.15) is 0 Å². The standard InChI is InChI=1S/C19H24N4O4/c1-5-23-12(3)14(17(13(23)4)19(26)27-6-2)9-10-16(24)21-22-18(25)15-8-7-11-20-15/h7-11,20H,5-6H2,1-4H3,(H,21,24)(H,22,25). The summed E-state index contributed by atoms with van der Waals surface area (Å²) in [5.41, 5.74) is 7.64. The summed E-state index contributed by atoms with van der Waals surface area (Å²) in [4.78, 5) is 38.9. The molecule has 0 spiro atoms. The number of esters is 1. The van der Waals surface area contributed by atoms with Gasteiger partial charge in [-0.05, 0) is 45.9 Å². The highest BCUT2D eigenvalue weighted by Gasteiger charge is 2.22. The predicted molar refractivity (Wildman–Crippen MR) is 101 cm³/mol. The van der Waals surface area contributed by atoms with Crippen LogP contribution < -0.4 is 10.9 Å². The molecule has 0 aliphatic heterocycles. The molecule has 0 aliphatic carbocycles. The van der Waals surface area contributed by atoms with Crippen LogP contribution in [0.4, 0.5) is 0 Å². The zero-order chi connectivity index (χ0) is 20.0. The second-order valence-electron chi connectivity index (χ2n) is 5.78. The SMILES string of the molecule is CCOC(=O)c1c(C=CC(=O)NNC(=O)c2ccc[nH]2)c(C)n(CC)c1C. The van der Waals surface area contributed by atoms with Crippen LogP contribution in [-0.2, 0) is 16.1 Å². The van der Waals surface area contributed by atoms with E-state index >= 15 is 0 Å². The number of hydrogen-bond donors (Lipinski definition) is 3. The maximum atomic E-state index is 12.3. The van der Waals surface area contributed by atoms with Gasteiger partial charge in [0.25, 0.3) is 11.8 Å². The molecule has 0 atom stereocenters. The number of nitrogens with one attached hydrogen (secondary N) is 3. The average Bonchev–Trinajstić information content (AvgIpc) is 3.25. The number of carbonyl (C=O) groups excluding carboxylic acids is 3. The number of hydrazine groups is 1. The first-order chi connectivity index (χ1) is 12.9. The largest absolute Gasteiger partial charge is 0.462 e. The van der Waals surface area contributed by atoms with Gasteiger partial charge in [-0.1, -0.05) is 0 Å². The molecule has 2 amide bonds. The number of aromatic amines is 1. The Kier molecular flexibility index (Phi) is 6.59. The third-order valence-corrected chi connectivity index (χ3v) is 4.17. The molecule has 8 nitrogen and oxygen atoms in total. The number of amides is 2. The van der Waals surface area contributed by atoms with E-state index in [1.807, 2.05) is 25.3 Å². The number of H-pyrrole nitrogens is 1. The molecule has 0 fully saturated rings. The first-order valence-corrected chi connectivity index (χ1v) is 8.69. The molecule has 0 aromatic carbocycles. The molecular weight excluding hydrogens is 348 g/mol. The van der Waals surface area contributed by atoms with Crippen LogP contribution in [0.5, 0.6) is 0 Å². The van der Waals surface area contributed by atoms with Gasteiger partial charge in [-0.3, -0.25) is 20.4 Å². The number of ether oxygens (including phenoxy) is 1. The maximum Gasteiger partial charge on any atom is 0.340 e. The Hall–Kier alpha value is -3.29. The van der Waals surface area contributed by atoms with Gasteiger partial charge in [-0.25, -0.2) is 4.79 Å². The fraction of sp³-hybridized carbons (Fsp3) is 0.316. The van der Waals surface area contributed by atoms with Gasteiger partial charge in [0, 0.05) is 35.8 Å². The molecule has 0 saturated heterocycles. The number of hydrogen-bond acceptors (Lipinski definition) is 4. The summed E-state index contributed by atoms with van der Waals surface area (Å²) >= 11 is 0. The second kappa shape index (κ2) is 8.88. The molecule has 2 aromatic heterocycles. The quantitative estimate of drug-likeness (QED) is 0.410. The lowest BCUT2D eigenvalue weighted by atomic mass is 10.1. The van der Waals surface area contributed by atoms with Gasteiger partial charge < -0.3 is 14.3 Å². The van der Waals surface area contributed by atoms with E-state index in [1.165, 1.54) is 6.08 Å². The van der Waals surface area contributed by atoms with Crippen molar-refractivity contribution in [2.45, 2.75) is 34.2 Å². The Morgan fingerprint density at radius 2 is 1.93 bits per heavy atom. The molecule has 0 saturated carbocycles. The van der Waals surface area contributed by atoms with E-state index in [9.17, 15) is 14.4 Å². The Balaban J connectivity index is 2.16. The Morgan fingerprint density at radius 3 is 2.52 bits per heavy atom. The van der Waals surface area contributed by atoms with E-state index in [4.69, 9.17) is 4.74 Å². The van der Waals surface area contributed by atoms with Gasteiger partial charge in [0.15, 0.2) is 0 Å². The Bertz CT molecular complexity index is 863. The number of rotatable bonds is 6. The molecule has 2 rings (SSSR count). The van der Waals surface area contributed by atoms with E-state index in [2.05, 4.69) is 15.8 Å². The zero-order valence-electron chi connectivity index (χ0n) is 15.9. The fourth-order valence-corrected chi connectivity index (χ4v) is 2.90. The predicted octanol–water partition coefficient (Wildman–Crippen LogP) is 2.10. The molecule has 0 radical (unpaired) electrons. The molecule has 8 heteroatoms. The normalized spacial score (nSPS) is 10.8. The second-order valence-corrected chi connectivity index (χ2v) is 5.78. The summed E-state index contributed by atoms with van der Waals surface area (Å²) in [5, 5.41) is 0. The minimum atomic E-state index is -0.522. The molecule has 3 N–H and O–H groups in total. The van der Waals surface area contributed by atoms with E-state index in [-0.39, 0.29) is 6.61 Å². The highest BCUT2D eigenvalue weighted by atomic mass is 16.5. The van der Waals surface area contributed by atoms with Crippen LogP contribution in [0.1, 0.15) is 51.6 Å². The molecular formula is C19H24N4O4. The van der Waals surface area contributed by atoms with E-state index in [0.717, 1.165) is 11.4 Å². The van der Waals surface area contributed by atoms with Crippen LogP contribution >= 0.6 is 0 Å². The first kappa shape index (κ1) is 20.0. The van der Waals surface area contributed by atoms with Crippen LogP contribution in [-0.4, -0.2) is 33.9 Å². The topological polar surface area (TPSA) is 105 Å². The van der Waals surface area contributed by atoms with Gasteiger partial charge in [0.2, 0.25) is 0 Å². The minimum Gasteiger partial charge on any atom is -0.462 e. The van der Waals surface area contributed by atoms with Crippen molar-refractivity contribution in [3.63, 3.8) is 0 Å². The van der Waals surface area contributed by atoms with E-state index < -0.39 is 17.8 Å². The van der Waals surface area contributed by atoms with Crippen molar-refractivity contribution < 1.29 is 19.1 Å². The zero-order valence-corrected chi connectivity index (χ0v) is 15.9. The smallest absolute Gasteiger partial charge is 0.340 e. The van der Waals surface area contributed by atoms with E-state index in [0.29, 0.717) is 23.4 Å². The molecule has 0 aliphatic rings. The van der Waals surface area contributed by atoms with Crippen LogP contribution in [0.15, 0.2) is 24.4 Å². The van der Waals surface area contributed by atoms with Crippen LogP contribution in [0.25, 0.3) is 6.08 Å². The van der Waals surface area contributed by atoms with Gasteiger partial charge in [-0.15, -0.1) is 0 Å². The number of nitrogens with zero attached hydrogens (tertiary/aromatic N) is 1. The lowest BCUT2D eigenvalue weighted by molar-refractivity contribution is -0.117. The van der Waals surface area contributed by atoms with Crippen molar-refractivity contribution in [2.24, 2.45) is 0 Å².